The van der Waals surface area contributed by atoms with Crippen LogP contribution in [0.2, 0.25) is 0 Å². The maximum Gasteiger partial charge on any atom is 0.326 e. The first-order chi connectivity index (χ1) is 12.3. The van der Waals surface area contributed by atoms with Crippen LogP contribution in [0.25, 0.3) is 6.08 Å². The number of benzene rings is 1. The third-order valence-corrected chi connectivity index (χ3v) is 4.64. The molecular formula is C16H14N2O6S2. The largest absolute Gasteiger partial charge is 0.481 e. The summed E-state index contributed by atoms with van der Waals surface area (Å²) in [5, 5.41) is 22.2. The van der Waals surface area contributed by atoms with Crippen LogP contribution in [0.5, 0.6) is 0 Å². The minimum Gasteiger partial charge on any atom is -0.481 e. The third kappa shape index (κ3) is 5.39. The fourth-order valence-corrected chi connectivity index (χ4v) is 3.10. The standard InChI is InChI=1S/C16H14N2O6S2/c19-12(20)6-5-10(15(22)23)17-13(21)9-3-1-8(2-4-9)7-11-14(25)18-16(24)26-11/h1-4,7,10H,5-6H2,(H,17,21)(H,19,20)(H,22,23)(H,18,24,25)/b11-7-/t10-/m0/s1. The van der Waals surface area contributed by atoms with Crippen molar-refractivity contribution in [2.24, 2.45) is 0 Å². The zero-order chi connectivity index (χ0) is 19.3. The molecule has 0 aliphatic carbocycles. The van der Waals surface area contributed by atoms with Gasteiger partial charge in [0.15, 0.2) is 0 Å². The van der Waals surface area contributed by atoms with Gasteiger partial charge in [0.25, 0.3) is 11.1 Å². The summed E-state index contributed by atoms with van der Waals surface area (Å²) in [5.41, 5.74) is 0.938. The quantitative estimate of drug-likeness (QED) is 0.407. The lowest BCUT2D eigenvalue weighted by molar-refractivity contribution is -0.140. The van der Waals surface area contributed by atoms with Crippen molar-refractivity contribution in [3.8, 4) is 0 Å². The summed E-state index contributed by atoms with van der Waals surface area (Å²) in [5.74, 6) is -3.06. The van der Waals surface area contributed by atoms with Crippen molar-refractivity contribution >= 4 is 58.1 Å². The summed E-state index contributed by atoms with van der Waals surface area (Å²) < 4.78 is 0. The van der Waals surface area contributed by atoms with Crippen LogP contribution in [0, 0.1) is 0 Å². The van der Waals surface area contributed by atoms with Gasteiger partial charge < -0.3 is 20.8 Å². The van der Waals surface area contributed by atoms with Gasteiger partial charge in [0, 0.05) is 12.0 Å². The number of rotatable bonds is 7. The number of carbonyl (C=O) groups excluding carboxylic acids is 2. The lowest BCUT2D eigenvalue weighted by Gasteiger charge is -2.13. The monoisotopic (exact) mass is 394 g/mol. The molecule has 8 nitrogen and oxygen atoms in total. The Hall–Kier alpha value is -2.72. The number of carboxylic acid groups (broad SMARTS) is 2. The first-order valence-electron chi connectivity index (χ1n) is 7.36. The maximum absolute atomic E-state index is 12.1. The van der Waals surface area contributed by atoms with Crippen LogP contribution in [-0.4, -0.2) is 44.3 Å². The first-order valence-corrected chi connectivity index (χ1v) is 8.59. The lowest BCUT2D eigenvalue weighted by atomic mass is 10.1. The zero-order valence-electron chi connectivity index (χ0n) is 13.2. The Kier molecular flexibility index (Phi) is 6.47. The predicted molar refractivity (Wildman–Crippen MR) is 98.9 cm³/mol. The van der Waals surface area contributed by atoms with Crippen molar-refractivity contribution in [1.29, 1.82) is 0 Å². The van der Waals surface area contributed by atoms with Gasteiger partial charge in [-0.15, -0.1) is 0 Å². The predicted octanol–water partition coefficient (Wildman–Crippen LogP) is 1.86. The van der Waals surface area contributed by atoms with Gasteiger partial charge >= 0.3 is 11.9 Å². The molecule has 0 aromatic heterocycles. The Morgan fingerprint density at radius 3 is 2.38 bits per heavy atom. The Balaban J connectivity index is 2.04. The molecule has 10 heteroatoms. The number of amides is 2. The van der Waals surface area contributed by atoms with Crippen molar-refractivity contribution in [3.63, 3.8) is 0 Å². The minimum absolute atomic E-state index is 0.212. The smallest absolute Gasteiger partial charge is 0.326 e. The van der Waals surface area contributed by atoms with Gasteiger partial charge in [-0.25, -0.2) is 4.79 Å². The lowest BCUT2D eigenvalue weighted by Crippen LogP contribution is -2.41. The topological polar surface area (TPSA) is 133 Å². The summed E-state index contributed by atoms with van der Waals surface area (Å²) in [6, 6.07) is 4.96. The molecule has 0 bridgehead atoms. The zero-order valence-corrected chi connectivity index (χ0v) is 14.9. The highest BCUT2D eigenvalue weighted by molar-refractivity contribution is 8.19. The van der Waals surface area contributed by atoms with E-state index in [1.54, 1.807) is 18.2 Å². The van der Waals surface area contributed by atoms with E-state index in [4.69, 9.17) is 22.4 Å². The summed E-state index contributed by atoms with van der Waals surface area (Å²) in [6.07, 6.45) is 1.11. The van der Waals surface area contributed by atoms with E-state index in [9.17, 15) is 19.2 Å². The van der Waals surface area contributed by atoms with Crippen LogP contribution < -0.4 is 10.6 Å². The van der Waals surface area contributed by atoms with Crippen LogP contribution in [0.1, 0.15) is 28.8 Å². The molecule has 1 fully saturated rings. The molecule has 0 radical (unpaired) electrons. The summed E-state index contributed by atoms with van der Waals surface area (Å²) in [6.45, 7) is 0. The molecule has 1 atom stereocenters. The van der Waals surface area contributed by atoms with E-state index in [-0.39, 0.29) is 23.6 Å². The fraction of sp³-hybridized carbons (Fsp3) is 0.188. The SMILES string of the molecule is O=C(O)CC[C@H](NC(=O)c1ccc(/C=C2\SC(=O)NC2=S)cc1)C(=O)O. The van der Waals surface area contributed by atoms with E-state index >= 15 is 0 Å². The van der Waals surface area contributed by atoms with E-state index in [1.165, 1.54) is 12.1 Å². The molecule has 1 aromatic rings. The van der Waals surface area contributed by atoms with E-state index in [0.717, 1.165) is 11.8 Å². The normalized spacial score (nSPS) is 16.2. The van der Waals surface area contributed by atoms with E-state index in [0.29, 0.717) is 15.5 Å². The van der Waals surface area contributed by atoms with Crippen molar-refractivity contribution in [2.45, 2.75) is 18.9 Å². The summed E-state index contributed by atoms with van der Waals surface area (Å²) in [4.78, 5) is 46.0. The molecule has 1 aliphatic rings. The van der Waals surface area contributed by atoms with Crippen LogP contribution in [-0.2, 0) is 9.59 Å². The third-order valence-electron chi connectivity index (χ3n) is 3.36. The van der Waals surface area contributed by atoms with Crippen molar-refractivity contribution in [2.75, 3.05) is 0 Å². The first kappa shape index (κ1) is 19.6. The Labute approximate surface area is 157 Å². The molecule has 1 aliphatic heterocycles. The summed E-state index contributed by atoms with van der Waals surface area (Å²) >= 11 is 5.99. The van der Waals surface area contributed by atoms with Gasteiger partial charge in [-0.3, -0.25) is 14.4 Å². The molecule has 1 heterocycles. The molecule has 2 rings (SSSR count). The second kappa shape index (κ2) is 8.59. The van der Waals surface area contributed by atoms with Crippen LogP contribution in [0.3, 0.4) is 0 Å². The second-order valence-corrected chi connectivity index (χ2v) is 6.69. The Bertz CT molecular complexity index is 803. The molecule has 0 unspecified atom stereocenters. The van der Waals surface area contributed by atoms with Crippen LogP contribution in [0.15, 0.2) is 29.2 Å². The number of carbonyl (C=O) groups is 4. The molecule has 1 saturated heterocycles. The Morgan fingerprint density at radius 1 is 1.23 bits per heavy atom. The number of aliphatic carboxylic acids is 2. The molecule has 4 N–H and O–H groups in total. The number of thioether (sulfide) groups is 1. The second-order valence-electron chi connectivity index (χ2n) is 5.27. The molecular weight excluding hydrogens is 380 g/mol. The number of thiocarbonyl (C=S) groups is 1. The van der Waals surface area contributed by atoms with Gasteiger partial charge in [0.05, 0.1) is 4.91 Å². The number of carboxylic acids is 2. The maximum atomic E-state index is 12.1. The molecule has 1 aromatic carbocycles. The van der Waals surface area contributed by atoms with Gasteiger partial charge in [-0.2, -0.15) is 0 Å². The van der Waals surface area contributed by atoms with Gasteiger partial charge in [-0.05, 0) is 42.0 Å². The van der Waals surface area contributed by atoms with Crippen molar-refractivity contribution < 1.29 is 29.4 Å². The van der Waals surface area contributed by atoms with Gasteiger partial charge in [0.1, 0.15) is 11.0 Å². The number of hydrogen-bond donors (Lipinski definition) is 4. The van der Waals surface area contributed by atoms with Gasteiger partial charge in [0.2, 0.25) is 0 Å². The minimum atomic E-state index is -1.30. The number of hydrogen-bond acceptors (Lipinski definition) is 6. The number of nitrogens with one attached hydrogen (secondary N) is 2. The molecule has 2 amide bonds. The highest BCUT2D eigenvalue weighted by Gasteiger charge is 2.22. The molecule has 0 saturated carbocycles. The highest BCUT2D eigenvalue weighted by atomic mass is 32.2. The highest BCUT2D eigenvalue weighted by Crippen LogP contribution is 2.26. The van der Waals surface area contributed by atoms with Crippen molar-refractivity contribution in [3.05, 3.63) is 40.3 Å². The molecule has 26 heavy (non-hydrogen) atoms. The fourth-order valence-electron chi connectivity index (χ4n) is 2.07. The average Bonchev–Trinajstić information content (AvgIpc) is 2.88. The van der Waals surface area contributed by atoms with Crippen LogP contribution in [0.4, 0.5) is 4.79 Å². The summed E-state index contributed by atoms with van der Waals surface area (Å²) in [7, 11) is 0. The Morgan fingerprint density at radius 2 is 1.88 bits per heavy atom. The van der Waals surface area contributed by atoms with E-state index < -0.39 is 23.9 Å². The van der Waals surface area contributed by atoms with Crippen molar-refractivity contribution in [1.82, 2.24) is 10.6 Å². The van der Waals surface area contributed by atoms with Gasteiger partial charge in [-0.1, -0.05) is 24.4 Å². The van der Waals surface area contributed by atoms with Crippen LogP contribution >= 0.6 is 24.0 Å². The van der Waals surface area contributed by atoms with E-state index in [1.807, 2.05) is 0 Å². The molecule has 136 valence electrons. The van der Waals surface area contributed by atoms with E-state index in [2.05, 4.69) is 10.6 Å². The molecule has 0 spiro atoms. The average molecular weight is 394 g/mol.